The van der Waals surface area contributed by atoms with Crippen LogP contribution in [0.15, 0.2) is 54.6 Å². The quantitative estimate of drug-likeness (QED) is 0.299. The van der Waals surface area contributed by atoms with Crippen LogP contribution in [0.5, 0.6) is 0 Å². The summed E-state index contributed by atoms with van der Waals surface area (Å²) in [6.07, 6.45) is 2.81. The van der Waals surface area contributed by atoms with Crippen molar-refractivity contribution in [2.45, 2.75) is 11.7 Å². The predicted octanol–water partition coefficient (Wildman–Crippen LogP) is 3.14. The zero-order valence-electron chi connectivity index (χ0n) is 16.7. The first kappa shape index (κ1) is 21.6. The Labute approximate surface area is 197 Å². The monoisotopic (exact) mass is 487 g/mol. The zero-order valence-corrected chi connectivity index (χ0v) is 18.2. The zero-order chi connectivity index (χ0) is 23.5. The molecule has 2 saturated heterocycles. The minimum atomic E-state index is -1.19. The van der Waals surface area contributed by atoms with Gasteiger partial charge in [0, 0.05) is 17.2 Å². The Kier molecular flexibility index (Phi) is 5.00. The fourth-order valence-electron chi connectivity index (χ4n) is 4.67. The highest BCUT2D eigenvalue weighted by Gasteiger charge is 2.67. The van der Waals surface area contributed by atoms with Crippen molar-refractivity contribution in [3.05, 3.63) is 80.3 Å². The maximum absolute atomic E-state index is 13.3. The number of ether oxygens (including phenoxy) is 1. The third-order valence-electron chi connectivity index (χ3n) is 6.17. The van der Waals surface area contributed by atoms with Crippen LogP contribution >= 0.6 is 23.2 Å². The highest BCUT2D eigenvalue weighted by molar-refractivity contribution is 6.36. The van der Waals surface area contributed by atoms with Gasteiger partial charge in [-0.05, 0) is 30.3 Å². The van der Waals surface area contributed by atoms with Gasteiger partial charge in [0.1, 0.15) is 5.60 Å². The van der Waals surface area contributed by atoms with Gasteiger partial charge in [0.25, 0.3) is 11.6 Å². The number of non-ortho nitro benzene ring substituents is 1. The minimum absolute atomic E-state index is 0.0495. The van der Waals surface area contributed by atoms with E-state index in [4.69, 9.17) is 27.9 Å². The number of hydrogen-bond donors (Lipinski definition) is 1. The molecule has 2 bridgehead atoms. The van der Waals surface area contributed by atoms with Crippen LogP contribution in [0.25, 0.3) is 0 Å². The van der Waals surface area contributed by atoms with E-state index < -0.39 is 46.2 Å². The van der Waals surface area contributed by atoms with Gasteiger partial charge in [-0.3, -0.25) is 24.5 Å². The van der Waals surface area contributed by atoms with E-state index in [0.717, 1.165) is 4.90 Å². The second-order valence-electron chi connectivity index (χ2n) is 7.99. The molecule has 5 rings (SSSR count). The fraction of sp³-hybridized carbons (Fsp3) is 0.227. The topological polar surface area (TPSA) is 119 Å². The van der Waals surface area contributed by atoms with Crippen LogP contribution in [0.3, 0.4) is 0 Å². The molecule has 3 heterocycles. The van der Waals surface area contributed by atoms with E-state index >= 15 is 0 Å². The lowest BCUT2D eigenvalue weighted by Gasteiger charge is -2.29. The van der Waals surface area contributed by atoms with Gasteiger partial charge < -0.3 is 10.1 Å². The largest absolute Gasteiger partial charge is 0.360 e. The predicted molar refractivity (Wildman–Crippen MR) is 118 cm³/mol. The molecule has 168 valence electrons. The molecule has 0 radical (unpaired) electrons. The first-order chi connectivity index (χ1) is 15.7. The van der Waals surface area contributed by atoms with E-state index in [-0.39, 0.29) is 28.5 Å². The smallest absolute Gasteiger partial charge is 0.269 e. The van der Waals surface area contributed by atoms with E-state index in [1.807, 2.05) is 0 Å². The number of nitrogens with one attached hydrogen (secondary N) is 1. The van der Waals surface area contributed by atoms with Crippen molar-refractivity contribution >= 4 is 52.3 Å². The van der Waals surface area contributed by atoms with Crippen LogP contribution in [-0.4, -0.2) is 40.9 Å². The second-order valence-corrected chi connectivity index (χ2v) is 8.84. The average Bonchev–Trinajstić information content (AvgIpc) is 3.42. The molecule has 11 heteroatoms. The molecule has 3 aliphatic heterocycles. The van der Waals surface area contributed by atoms with Crippen molar-refractivity contribution < 1.29 is 24.0 Å². The Morgan fingerprint density at radius 1 is 1.15 bits per heavy atom. The Hall–Kier alpha value is -3.27. The molecule has 2 aromatic carbocycles. The summed E-state index contributed by atoms with van der Waals surface area (Å²) in [6.45, 7) is -0.0495. The van der Waals surface area contributed by atoms with Gasteiger partial charge >= 0.3 is 0 Å². The van der Waals surface area contributed by atoms with Crippen LogP contribution in [0.1, 0.15) is 10.4 Å². The van der Waals surface area contributed by atoms with E-state index in [1.165, 1.54) is 42.5 Å². The summed E-state index contributed by atoms with van der Waals surface area (Å²) in [5, 5.41) is 14.2. The molecule has 9 nitrogen and oxygen atoms in total. The highest BCUT2D eigenvalue weighted by atomic mass is 35.5. The Morgan fingerprint density at radius 3 is 2.55 bits per heavy atom. The summed E-state index contributed by atoms with van der Waals surface area (Å²) < 4.78 is 6.00. The summed E-state index contributed by atoms with van der Waals surface area (Å²) in [5.41, 5.74) is -0.877. The van der Waals surface area contributed by atoms with Crippen LogP contribution in [0.2, 0.25) is 10.0 Å². The fourth-order valence-corrected chi connectivity index (χ4v) is 5.17. The number of amides is 3. The van der Waals surface area contributed by atoms with E-state index in [9.17, 15) is 24.5 Å². The van der Waals surface area contributed by atoms with Crippen molar-refractivity contribution in [2.24, 2.45) is 11.8 Å². The number of benzene rings is 2. The number of halogens is 2. The van der Waals surface area contributed by atoms with Crippen LogP contribution in [-0.2, 0) is 14.3 Å². The van der Waals surface area contributed by atoms with Gasteiger partial charge in [0.05, 0.1) is 45.7 Å². The van der Waals surface area contributed by atoms with Crippen LogP contribution in [0.4, 0.5) is 11.4 Å². The maximum Gasteiger partial charge on any atom is 0.269 e. The maximum atomic E-state index is 13.3. The SMILES string of the molecule is O=C(NC[C@@]12C=C[C@H](O1)[C@@H]1C(=O)N(c3ccc([N+](=O)[O-])cc3)C(=O)[C@@H]12)c1ccc(Cl)cc1Cl. The molecule has 0 saturated carbocycles. The first-order valence-electron chi connectivity index (χ1n) is 9.94. The number of anilines is 1. The Bertz CT molecular complexity index is 1250. The molecule has 3 amide bonds. The number of carbonyl (C=O) groups is 3. The summed E-state index contributed by atoms with van der Waals surface area (Å²) in [7, 11) is 0. The number of hydrogen-bond acceptors (Lipinski definition) is 6. The molecule has 0 aliphatic carbocycles. The standard InChI is InChI=1S/C22H15Cl2N3O6/c23-11-1-6-14(15(24)9-11)19(28)25-10-22-8-7-16(33-22)17-18(22)21(30)26(20(17)29)12-2-4-13(5-3-12)27(31)32/h1-9,16-18H,10H2,(H,25,28)/t16-,17-,18+,22+/m0/s1. The first-order valence-corrected chi connectivity index (χ1v) is 10.7. The lowest BCUT2D eigenvalue weighted by molar-refractivity contribution is -0.384. The third-order valence-corrected chi connectivity index (χ3v) is 6.72. The summed E-state index contributed by atoms with van der Waals surface area (Å²) >= 11 is 12.0. The summed E-state index contributed by atoms with van der Waals surface area (Å²) in [5.74, 6) is -2.98. The van der Waals surface area contributed by atoms with Crippen molar-refractivity contribution in [1.82, 2.24) is 5.32 Å². The number of nitro groups is 1. The van der Waals surface area contributed by atoms with E-state index in [1.54, 1.807) is 12.2 Å². The summed E-state index contributed by atoms with van der Waals surface area (Å²) in [4.78, 5) is 50.5. The number of carbonyl (C=O) groups excluding carboxylic acids is 3. The van der Waals surface area contributed by atoms with Crippen molar-refractivity contribution in [3.8, 4) is 0 Å². The van der Waals surface area contributed by atoms with Crippen molar-refractivity contribution in [3.63, 3.8) is 0 Å². The third kappa shape index (κ3) is 3.31. The van der Waals surface area contributed by atoms with Crippen LogP contribution in [0, 0.1) is 22.0 Å². The molecule has 0 aromatic heterocycles. The lowest BCUT2D eigenvalue weighted by atomic mass is 9.77. The van der Waals surface area contributed by atoms with E-state index in [2.05, 4.69) is 5.32 Å². The lowest BCUT2D eigenvalue weighted by Crippen LogP contribution is -2.48. The van der Waals surface area contributed by atoms with Crippen molar-refractivity contribution in [1.29, 1.82) is 0 Å². The normalized spacial score (nSPS) is 27.2. The number of nitro benzene ring substituents is 1. The highest BCUT2D eigenvalue weighted by Crippen LogP contribution is 2.52. The molecule has 1 N–H and O–H groups in total. The number of fused-ring (bicyclic) bond motifs is 5. The van der Waals surface area contributed by atoms with Gasteiger partial charge in [-0.1, -0.05) is 35.4 Å². The average molecular weight is 488 g/mol. The number of rotatable bonds is 5. The molecular weight excluding hydrogens is 473 g/mol. The molecule has 33 heavy (non-hydrogen) atoms. The number of nitrogens with zero attached hydrogens (tertiary/aromatic N) is 2. The van der Waals surface area contributed by atoms with Gasteiger partial charge in [-0.2, -0.15) is 0 Å². The minimum Gasteiger partial charge on any atom is -0.360 e. The summed E-state index contributed by atoms with van der Waals surface area (Å²) in [6, 6.07) is 9.67. The van der Waals surface area contributed by atoms with Gasteiger partial charge in [0.2, 0.25) is 11.8 Å². The van der Waals surface area contributed by atoms with Gasteiger partial charge in [-0.25, -0.2) is 4.90 Å². The van der Waals surface area contributed by atoms with Crippen molar-refractivity contribution in [2.75, 3.05) is 11.4 Å². The molecule has 0 unspecified atom stereocenters. The molecule has 2 fully saturated rings. The van der Waals surface area contributed by atoms with Gasteiger partial charge in [0.15, 0.2) is 0 Å². The molecule has 2 aromatic rings. The van der Waals surface area contributed by atoms with Gasteiger partial charge in [-0.15, -0.1) is 0 Å². The number of imide groups is 1. The molecule has 0 spiro atoms. The van der Waals surface area contributed by atoms with Crippen LogP contribution < -0.4 is 10.2 Å². The van der Waals surface area contributed by atoms with E-state index in [0.29, 0.717) is 5.02 Å². The Balaban J connectivity index is 1.39. The molecule has 4 atom stereocenters. The molecule has 3 aliphatic rings. The Morgan fingerprint density at radius 2 is 1.88 bits per heavy atom. The molecular formula is C22H15Cl2N3O6. The second kappa shape index (κ2) is 7.65.